The minimum Gasteiger partial charge on any atom is -0.477 e. The second kappa shape index (κ2) is 8.29. The molecule has 1 aliphatic rings. The third-order valence-electron chi connectivity index (χ3n) is 4.46. The Labute approximate surface area is 157 Å². The van der Waals surface area contributed by atoms with Gasteiger partial charge in [-0.2, -0.15) is 0 Å². The lowest BCUT2D eigenvalue weighted by molar-refractivity contribution is 0.0926. The molecule has 0 aliphatic carbocycles. The predicted octanol–water partition coefficient (Wildman–Crippen LogP) is 3.76. The number of ether oxygens (including phenoxy) is 1. The van der Waals surface area contributed by atoms with Crippen molar-refractivity contribution in [3.05, 3.63) is 71.3 Å². The molecular weight excluding hydrogens is 350 g/mol. The van der Waals surface area contributed by atoms with Crippen LogP contribution in [0.1, 0.15) is 29.8 Å². The van der Waals surface area contributed by atoms with Crippen LogP contribution in [0.2, 0.25) is 0 Å². The summed E-state index contributed by atoms with van der Waals surface area (Å²) in [5.41, 5.74) is 0.553. The minimum absolute atomic E-state index is 0.0502. The van der Waals surface area contributed by atoms with Crippen molar-refractivity contribution in [3.8, 4) is 0 Å². The zero-order valence-electron chi connectivity index (χ0n) is 15.3. The standard InChI is InChI=1S/C21H22F2N2O2/c1-13(2)19(25-20(26)18-16(22)9-6-10-17(18)23)21-24-15(12-27-21)11-14-7-4-3-5-8-14/h3-10,13,15,19H,11-12H2,1-2H3,(H,25,26)/t15?,19-/m0/s1. The third-order valence-corrected chi connectivity index (χ3v) is 4.46. The van der Waals surface area contributed by atoms with E-state index in [1.54, 1.807) is 0 Å². The van der Waals surface area contributed by atoms with Crippen molar-refractivity contribution >= 4 is 11.8 Å². The van der Waals surface area contributed by atoms with E-state index in [-0.39, 0.29) is 12.0 Å². The van der Waals surface area contributed by atoms with E-state index in [1.165, 1.54) is 6.07 Å². The summed E-state index contributed by atoms with van der Waals surface area (Å²) in [4.78, 5) is 17.0. The first-order valence-corrected chi connectivity index (χ1v) is 8.95. The van der Waals surface area contributed by atoms with Crippen molar-refractivity contribution in [1.82, 2.24) is 5.32 Å². The van der Waals surface area contributed by atoms with E-state index in [1.807, 2.05) is 44.2 Å². The van der Waals surface area contributed by atoms with Crippen LogP contribution in [0.15, 0.2) is 53.5 Å². The van der Waals surface area contributed by atoms with Gasteiger partial charge < -0.3 is 10.1 Å². The molecule has 1 N–H and O–H groups in total. The Morgan fingerprint density at radius 1 is 1.15 bits per heavy atom. The third kappa shape index (κ3) is 4.51. The molecule has 1 aliphatic heterocycles. The fourth-order valence-corrected chi connectivity index (χ4v) is 3.04. The maximum absolute atomic E-state index is 13.9. The van der Waals surface area contributed by atoms with Gasteiger partial charge in [-0.25, -0.2) is 13.8 Å². The fourth-order valence-electron chi connectivity index (χ4n) is 3.04. The number of carbonyl (C=O) groups is 1. The smallest absolute Gasteiger partial charge is 0.257 e. The maximum atomic E-state index is 13.9. The lowest BCUT2D eigenvalue weighted by atomic mass is 10.0. The van der Waals surface area contributed by atoms with Crippen LogP contribution in [0.4, 0.5) is 8.78 Å². The minimum atomic E-state index is -0.897. The van der Waals surface area contributed by atoms with E-state index in [0.29, 0.717) is 12.5 Å². The summed E-state index contributed by atoms with van der Waals surface area (Å²) in [5, 5.41) is 2.67. The number of hydrogen-bond donors (Lipinski definition) is 1. The van der Waals surface area contributed by atoms with E-state index < -0.39 is 29.1 Å². The molecule has 0 radical (unpaired) electrons. The van der Waals surface area contributed by atoms with Crippen molar-refractivity contribution in [1.29, 1.82) is 0 Å². The first kappa shape index (κ1) is 19.0. The van der Waals surface area contributed by atoms with Crippen molar-refractivity contribution in [2.45, 2.75) is 32.4 Å². The molecule has 0 fully saturated rings. The lowest BCUT2D eigenvalue weighted by Gasteiger charge is -2.22. The highest BCUT2D eigenvalue weighted by Crippen LogP contribution is 2.18. The molecule has 1 unspecified atom stereocenters. The molecule has 1 amide bonds. The van der Waals surface area contributed by atoms with Crippen LogP contribution in [0.25, 0.3) is 0 Å². The van der Waals surface area contributed by atoms with Crippen molar-refractivity contribution in [2.24, 2.45) is 10.9 Å². The number of aliphatic imine (C=N–C) groups is 1. The molecule has 2 atom stereocenters. The molecule has 142 valence electrons. The Balaban J connectivity index is 1.74. The molecule has 4 nitrogen and oxygen atoms in total. The zero-order valence-corrected chi connectivity index (χ0v) is 15.3. The quantitative estimate of drug-likeness (QED) is 0.839. The molecule has 27 heavy (non-hydrogen) atoms. The first-order chi connectivity index (χ1) is 13.0. The second-order valence-electron chi connectivity index (χ2n) is 6.91. The number of rotatable bonds is 6. The molecule has 0 saturated heterocycles. The second-order valence-corrected chi connectivity index (χ2v) is 6.91. The van der Waals surface area contributed by atoms with Gasteiger partial charge in [0.2, 0.25) is 5.90 Å². The number of carbonyl (C=O) groups excluding carboxylic acids is 1. The average molecular weight is 372 g/mol. The van der Waals surface area contributed by atoms with Gasteiger partial charge in [0.25, 0.3) is 5.91 Å². The van der Waals surface area contributed by atoms with Gasteiger partial charge in [0.1, 0.15) is 29.8 Å². The number of amides is 1. The Hall–Kier alpha value is -2.76. The Bertz CT molecular complexity index is 817. The van der Waals surface area contributed by atoms with Crippen LogP contribution in [-0.2, 0) is 11.2 Å². The maximum Gasteiger partial charge on any atom is 0.257 e. The lowest BCUT2D eigenvalue weighted by Crippen LogP contribution is -2.45. The van der Waals surface area contributed by atoms with Gasteiger partial charge >= 0.3 is 0 Å². The topological polar surface area (TPSA) is 50.7 Å². The van der Waals surface area contributed by atoms with E-state index in [9.17, 15) is 13.6 Å². The van der Waals surface area contributed by atoms with Crippen LogP contribution in [0.3, 0.4) is 0 Å². The highest BCUT2D eigenvalue weighted by molar-refractivity contribution is 5.98. The van der Waals surface area contributed by atoms with Gasteiger partial charge in [0.05, 0.1) is 6.04 Å². The molecule has 2 aromatic carbocycles. The highest BCUT2D eigenvalue weighted by atomic mass is 19.1. The van der Waals surface area contributed by atoms with Crippen LogP contribution in [-0.4, -0.2) is 30.5 Å². The van der Waals surface area contributed by atoms with Crippen LogP contribution < -0.4 is 5.32 Å². The summed E-state index contributed by atoms with van der Waals surface area (Å²) < 4.78 is 33.4. The predicted molar refractivity (Wildman–Crippen MR) is 99.8 cm³/mol. The van der Waals surface area contributed by atoms with E-state index in [2.05, 4.69) is 10.3 Å². The Morgan fingerprint density at radius 3 is 2.44 bits per heavy atom. The molecule has 0 saturated carbocycles. The van der Waals surface area contributed by atoms with Gasteiger partial charge in [0, 0.05) is 0 Å². The first-order valence-electron chi connectivity index (χ1n) is 8.95. The van der Waals surface area contributed by atoms with Crippen molar-refractivity contribution < 1.29 is 18.3 Å². The molecule has 3 rings (SSSR count). The van der Waals surface area contributed by atoms with E-state index in [4.69, 9.17) is 4.74 Å². The van der Waals surface area contributed by atoms with Gasteiger partial charge in [0.15, 0.2) is 0 Å². The van der Waals surface area contributed by atoms with E-state index >= 15 is 0 Å². The number of hydrogen-bond acceptors (Lipinski definition) is 3. The Morgan fingerprint density at radius 2 is 1.81 bits per heavy atom. The van der Waals surface area contributed by atoms with Crippen LogP contribution in [0.5, 0.6) is 0 Å². The number of nitrogens with zero attached hydrogens (tertiary/aromatic N) is 1. The summed E-state index contributed by atoms with van der Waals surface area (Å²) >= 11 is 0. The molecule has 0 bridgehead atoms. The van der Waals surface area contributed by atoms with Crippen LogP contribution in [0, 0.1) is 17.6 Å². The van der Waals surface area contributed by atoms with Crippen LogP contribution >= 0.6 is 0 Å². The summed E-state index contributed by atoms with van der Waals surface area (Å²) in [5.74, 6) is -2.27. The summed E-state index contributed by atoms with van der Waals surface area (Å²) in [6.07, 6.45) is 0.727. The van der Waals surface area contributed by atoms with Gasteiger partial charge in [-0.15, -0.1) is 0 Å². The summed E-state index contributed by atoms with van der Waals surface area (Å²) in [6, 6.07) is 12.7. The molecule has 0 spiro atoms. The SMILES string of the molecule is CC(C)[C@H](NC(=O)c1c(F)cccc1F)C1=NC(Cc2ccccc2)CO1. The zero-order chi connectivity index (χ0) is 19.4. The fraction of sp³-hybridized carbons (Fsp3) is 0.333. The number of halogens is 2. The van der Waals surface area contributed by atoms with Crippen molar-refractivity contribution in [3.63, 3.8) is 0 Å². The number of nitrogens with one attached hydrogen (secondary N) is 1. The largest absolute Gasteiger partial charge is 0.477 e. The monoisotopic (exact) mass is 372 g/mol. The normalized spacial score (nSPS) is 17.4. The summed E-state index contributed by atoms with van der Waals surface area (Å²) in [6.45, 7) is 4.19. The van der Waals surface area contributed by atoms with E-state index in [0.717, 1.165) is 24.1 Å². The van der Waals surface area contributed by atoms with Gasteiger partial charge in [-0.1, -0.05) is 50.2 Å². The Kier molecular flexibility index (Phi) is 5.84. The average Bonchev–Trinajstić information content (AvgIpc) is 3.08. The molecule has 1 heterocycles. The molecular formula is C21H22F2N2O2. The highest BCUT2D eigenvalue weighted by Gasteiger charge is 2.31. The molecule has 0 aromatic heterocycles. The van der Waals surface area contributed by atoms with Gasteiger partial charge in [-0.05, 0) is 30.0 Å². The molecule has 6 heteroatoms. The summed E-state index contributed by atoms with van der Waals surface area (Å²) in [7, 11) is 0. The number of benzene rings is 2. The molecule has 2 aromatic rings. The van der Waals surface area contributed by atoms with Gasteiger partial charge in [-0.3, -0.25) is 4.79 Å². The van der Waals surface area contributed by atoms with Crippen molar-refractivity contribution in [2.75, 3.05) is 6.61 Å².